The number of hydrogen-bond donors (Lipinski definition) is 2. The summed E-state index contributed by atoms with van der Waals surface area (Å²) >= 11 is 0. The van der Waals surface area contributed by atoms with Crippen molar-refractivity contribution in [2.75, 3.05) is 13.1 Å². The van der Waals surface area contributed by atoms with E-state index in [4.69, 9.17) is 0 Å². The molecule has 0 aliphatic rings. The van der Waals surface area contributed by atoms with Crippen LogP contribution in [0, 0.1) is 0 Å². The van der Waals surface area contributed by atoms with E-state index in [-0.39, 0.29) is 5.91 Å². The van der Waals surface area contributed by atoms with Gasteiger partial charge in [-0.25, -0.2) is 0 Å². The van der Waals surface area contributed by atoms with Gasteiger partial charge in [0.1, 0.15) is 0 Å². The molecule has 3 heteroatoms. The summed E-state index contributed by atoms with van der Waals surface area (Å²) in [7, 11) is 0. The first-order chi connectivity index (χ1) is 8.74. The zero-order valence-electron chi connectivity index (χ0n) is 12.6. The van der Waals surface area contributed by atoms with E-state index in [2.05, 4.69) is 24.5 Å². The van der Waals surface area contributed by atoms with Gasteiger partial charge >= 0.3 is 0 Å². The number of nitrogens with one attached hydrogen (secondary N) is 2. The van der Waals surface area contributed by atoms with Crippen molar-refractivity contribution < 1.29 is 4.79 Å². The Bertz CT molecular complexity index is 185. The lowest BCUT2D eigenvalue weighted by Gasteiger charge is -2.18. The third kappa shape index (κ3) is 10.6. The third-order valence-electron chi connectivity index (χ3n) is 3.24. The number of likely N-dealkylation sites (N-methyl/N-ethyl adjacent to an activating group) is 1. The minimum Gasteiger partial charge on any atom is -0.355 e. The van der Waals surface area contributed by atoms with Crippen LogP contribution in [0.5, 0.6) is 0 Å². The molecular formula is C15H32N2O. The highest BCUT2D eigenvalue weighted by Gasteiger charge is 2.09. The lowest BCUT2D eigenvalue weighted by atomic mass is 10.0. The number of carbonyl (C=O) groups excluding carboxylic acids is 1. The first-order valence-electron chi connectivity index (χ1n) is 7.74. The number of rotatable bonds is 12. The molecular weight excluding hydrogens is 224 g/mol. The minimum atomic E-state index is 0.119. The van der Waals surface area contributed by atoms with E-state index in [0.29, 0.717) is 12.6 Å². The second-order valence-electron chi connectivity index (χ2n) is 5.02. The summed E-state index contributed by atoms with van der Waals surface area (Å²) < 4.78 is 0. The molecule has 0 spiro atoms. The van der Waals surface area contributed by atoms with E-state index in [9.17, 15) is 4.79 Å². The Labute approximate surface area is 113 Å². The maximum Gasteiger partial charge on any atom is 0.233 e. The molecule has 1 amide bonds. The van der Waals surface area contributed by atoms with Crippen molar-refractivity contribution in [3.05, 3.63) is 0 Å². The number of hydrogen-bond acceptors (Lipinski definition) is 2. The summed E-state index contributed by atoms with van der Waals surface area (Å²) in [6.07, 6.45) is 10.1. The molecule has 0 aromatic heterocycles. The second kappa shape index (κ2) is 12.9. The van der Waals surface area contributed by atoms with Crippen molar-refractivity contribution in [2.45, 2.75) is 78.2 Å². The van der Waals surface area contributed by atoms with Gasteiger partial charge in [0.25, 0.3) is 0 Å². The van der Waals surface area contributed by atoms with Crippen LogP contribution in [-0.2, 0) is 4.79 Å². The van der Waals surface area contributed by atoms with Gasteiger partial charge in [0.05, 0.1) is 6.54 Å². The summed E-state index contributed by atoms with van der Waals surface area (Å²) in [5.41, 5.74) is 0. The summed E-state index contributed by atoms with van der Waals surface area (Å²) in [5, 5.41) is 6.24. The lowest BCUT2D eigenvalue weighted by Crippen LogP contribution is -2.39. The Morgan fingerprint density at radius 2 is 1.50 bits per heavy atom. The normalized spacial score (nSPS) is 10.9. The maximum absolute atomic E-state index is 11.4. The third-order valence-corrected chi connectivity index (χ3v) is 3.24. The van der Waals surface area contributed by atoms with Crippen LogP contribution in [0.1, 0.15) is 72.1 Å². The Kier molecular flexibility index (Phi) is 12.5. The van der Waals surface area contributed by atoms with E-state index in [0.717, 1.165) is 6.54 Å². The largest absolute Gasteiger partial charge is 0.355 e. The van der Waals surface area contributed by atoms with Gasteiger partial charge in [-0.05, 0) is 19.8 Å². The van der Waals surface area contributed by atoms with Crippen LogP contribution in [0.25, 0.3) is 0 Å². The molecule has 0 saturated carbocycles. The Morgan fingerprint density at radius 3 is 1.94 bits per heavy atom. The zero-order chi connectivity index (χ0) is 13.6. The van der Waals surface area contributed by atoms with Gasteiger partial charge < -0.3 is 10.6 Å². The fourth-order valence-electron chi connectivity index (χ4n) is 2.13. The fourth-order valence-corrected chi connectivity index (χ4v) is 2.13. The van der Waals surface area contributed by atoms with Gasteiger partial charge in [-0.3, -0.25) is 4.79 Å². The SMILES string of the molecule is CCCCCC(CCCCC)NCC(=O)NCC. The first-order valence-corrected chi connectivity index (χ1v) is 7.74. The molecule has 0 rings (SSSR count). The zero-order valence-corrected chi connectivity index (χ0v) is 12.6. The quantitative estimate of drug-likeness (QED) is 0.526. The molecule has 0 atom stereocenters. The molecule has 0 radical (unpaired) electrons. The lowest BCUT2D eigenvalue weighted by molar-refractivity contribution is -0.120. The van der Waals surface area contributed by atoms with Crippen molar-refractivity contribution in [3.8, 4) is 0 Å². The highest BCUT2D eigenvalue weighted by atomic mass is 16.1. The molecule has 0 heterocycles. The van der Waals surface area contributed by atoms with E-state index in [1.807, 2.05) is 6.92 Å². The number of carbonyl (C=O) groups is 1. The van der Waals surface area contributed by atoms with Crippen LogP contribution in [-0.4, -0.2) is 25.0 Å². The summed E-state index contributed by atoms with van der Waals surface area (Å²) in [4.78, 5) is 11.4. The number of unbranched alkanes of at least 4 members (excludes halogenated alkanes) is 4. The highest BCUT2D eigenvalue weighted by Crippen LogP contribution is 2.10. The molecule has 0 saturated heterocycles. The van der Waals surface area contributed by atoms with Crippen molar-refractivity contribution in [3.63, 3.8) is 0 Å². The first kappa shape index (κ1) is 17.4. The molecule has 0 aromatic carbocycles. The molecule has 0 unspecified atom stereocenters. The molecule has 0 aliphatic heterocycles. The molecule has 2 N–H and O–H groups in total. The van der Waals surface area contributed by atoms with Gasteiger partial charge in [-0.1, -0.05) is 52.4 Å². The van der Waals surface area contributed by atoms with Crippen LogP contribution in [0.3, 0.4) is 0 Å². The van der Waals surface area contributed by atoms with E-state index >= 15 is 0 Å². The van der Waals surface area contributed by atoms with Crippen LogP contribution in [0.2, 0.25) is 0 Å². The van der Waals surface area contributed by atoms with Crippen molar-refractivity contribution in [1.82, 2.24) is 10.6 Å². The average Bonchev–Trinajstić information content (AvgIpc) is 2.36. The van der Waals surface area contributed by atoms with Crippen LogP contribution >= 0.6 is 0 Å². The Balaban J connectivity index is 3.83. The highest BCUT2D eigenvalue weighted by molar-refractivity contribution is 5.77. The summed E-state index contributed by atoms with van der Waals surface area (Å²) in [5.74, 6) is 0.119. The van der Waals surface area contributed by atoms with Gasteiger partial charge in [0.15, 0.2) is 0 Å². The Hall–Kier alpha value is -0.570. The maximum atomic E-state index is 11.4. The van der Waals surface area contributed by atoms with E-state index < -0.39 is 0 Å². The van der Waals surface area contributed by atoms with Gasteiger partial charge in [-0.15, -0.1) is 0 Å². The second-order valence-corrected chi connectivity index (χ2v) is 5.02. The monoisotopic (exact) mass is 256 g/mol. The summed E-state index contributed by atoms with van der Waals surface area (Å²) in [6, 6.07) is 0.519. The average molecular weight is 256 g/mol. The minimum absolute atomic E-state index is 0.119. The molecule has 3 nitrogen and oxygen atoms in total. The molecule has 0 fully saturated rings. The number of amides is 1. The van der Waals surface area contributed by atoms with Gasteiger partial charge in [-0.2, -0.15) is 0 Å². The van der Waals surface area contributed by atoms with E-state index in [1.54, 1.807) is 0 Å². The van der Waals surface area contributed by atoms with Crippen LogP contribution < -0.4 is 10.6 Å². The fraction of sp³-hybridized carbons (Fsp3) is 0.933. The molecule has 0 aliphatic carbocycles. The summed E-state index contributed by atoms with van der Waals surface area (Å²) in [6.45, 7) is 7.61. The van der Waals surface area contributed by atoms with Crippen LogP contribution in [0.4, 0.5) is 0 Å². The molecule has 0 bridgehead atoms. The predicted octanol–water partition coefficient (Wildman–Crippen LogP) is 3.24. The van der Waals surface area contributed by atoms with Crippen molar-refractivity contribution in [2.24, 2.45) is 0 Å². The predicted molar refractivity (Wildman–Crippen MR) is 78.8 cm³/mol. The van der Waals surface area contributed by atoms with Crippen molar-refractivity contribution >= 4 is 5.91 Å². The van der Waals surface area contributed by atoms with Crippen LogP contribution in [0.15, 0.2) is 0 Å². The molecule has 108 valence electrons. The van der Waals surface area contributed by atoms with Gasteiger partial charge in [0.2, 0.25) is 5.91 Å². The van der Waals surface area contributed by atoms with Gasteiger partial charge in [0, 0.05) is 12.6 Å². The van der Waals surface area contributed by atoms with E-state index in [1.165, 1.54) is 51.4 Å². The smallest absolute Gasteiger partial charge is 0.233 e. The molecule has 0 aromatic rings. The standard InChI is InChI=1S/C15H32N2O/c1-4-7-9-11-14(12-10-8-5-2)17-13-15(18)16-6-3/h14,17H,4-13H2,1-3H3,(H,16,18). The molecule has 18 heavy (non-hydrogen) atoms. The topological polar surface area (TPSA) is 41.1 Å². The Morgan fingerprint density at radius 1 is 0.944 bits per heavy atom. The van der Waals surface area contributed by atoms with Crippen molar-refractivity contribution in [1.29, 1.82) is 0 Å².